The number of benzene rings is 2. The van der Waals surface area contributed by atoms with Gasteiger partial charge in [-0.15, -0.1) is 0 Å². The molecule has 0 saturated heterocycles. The third-order valence-corrected chi connectivity index (χ3v) is 5.41. The maximum Gasteiger partial charge on any atom is 0.282 e. The maximum absolute atomic E-state index is 12.9. The Labute approximate surface area is 169 Å². The van der Waals surface area contributed by atoms with E-state index in [0.717, 1.165) is 42.6 Å². The number of aromatic nitrogens is 3. The van der Waals surface area contributed by atoms with Crippen molar-refractivity contribution in [3.63, 3.8) is 0 Å². The molecule has 5 rings (SSSR count). The van der Waals surface area contributed by atoms with Crippen LogP contribution in [0.25, 0.3) is 28.9 Å². The van der Waals surface area contributed by atoms with Gasteiger partial charge < -0.3 is 0 Å². The van der Waals surface area contributed by atoms with Crippen LogP contribution >= 0.6 is 0 Å². The fourth-order valence-corrected chi connectivity index (χ4v) is 3.95. The Hall–Kier alpha value is -3.53. The topological polar surface area (TPSA) is 47.8 Å². The minimum absolute atomic E-state index is 0.222. The number of rotatable bonds is 3. The zero-order valence-corrected chi connectivity index (χ0v) is 16.1. The van der Waals surface area contributed by atoms with Gasteiger partial charge in [0.05, 0.1) is 5.39 Å². The molecule has 0 fully saturated rings. The van der Waals surface area contributed by atoms with E-state index in [1.165, 1.54) is 5.56 Å². The first-order chi connectivity index (χ1) is 14.3. The molecule has 0 unspecified atom stereocenters. The van der Waals surface area contributed by atoms with Crippen molar-refractivity contribution in [1.82, 2.24) is 14.5 Å². The lowest BCUT2D eigenvalue weighted by Gasteiger charge is -2.18. The second-order valence-electron chi connectivity index (χ2n) is 7.36. The van der Waals surface area contributed by atoms with Gasteiger partial charge in [-0.05, 0) is 61.1 Å². The Bertz CT molecular complexity index is 1260. The van der Waals surface area contributed by atoms with Gasteiger partial charge in [-0.1, -0.05) is 54.6 Å². The summed E-state index contributed by atoms with van der Waals surface area (Å²) in [6.45, 7) is 0. The molecule has 0 radical (unpaired) electrons. The molecule has 0 spiro atoms. The molecule has 2 aromatic heterocycles. The molecule has 1 aliphatic rings. The highest BCUT2D eigenvalue weighted by atomic mass is 16.1. The summed E-state index contributed by atoms with van der Waals surface area (Å²) in [6.07, 6.45) is 8.12. The highest BCUT2D eigenvalue weighted by Gasteiger charge is 2.17. The van der Waals surface area contributed by atoms with Crippen molar-refractivity contribution in [3.05, 3.63) is 99.7 Å². The third kappa shape index (κ3) is 3.38. The van der Waals surface area contributed by atoms with Crippen molar-refractivity contribution in [3.8, 4) is 5.69 Å². The van der Waals surface area contributed by atoms with Gasteiger partial charge in [-0.3, -0.25) is 9.36 Å². The average Bonchev–Trinajstić information content (AvgIpc) is 2.78. The minimum atomic E-state index is -0.222. The molecule has 142 valence electrons. The Morgan fingerprint density at radius 2 is 1.55 bits per heavy atom. The molecule has 4 aromatic rings. The van der Waals surface area contributed by atoms with Crippen LogP contribution in [0.4, 0.5) is 0 Å². The predicted molar refractivity (Wildman–Crippen MR) is 117 cm³/mol. The number of hydrogen-bond acceptors (Lipinski definition) is 3. The van der Waals surface area contributed by atoms with Gasteiger partial charge in [0.1, 0.15) is 5.82 Å². The van der Waals surface area contributed by atoms with Crippen molar-refractivity contribution in [2.45, 2.75) is 25.7 Å². The van der Waals surface area contributed by atoms with Crippen LogP contribution in [0, 0.1) is 0 Å². The van der Waals surface area contributed by atoms with E-state index in [2.05, 4.69) is 4.98 Å². The van der Waals surface area contributed by atoms with Gasteiger partial charge in [0.2, 0.25) is 0 Å². The van der Waals surface area contributed by atoms with Gasteiger partial charge in [0, 0.05) is 11.4 Å². The van der Waals surface area contributed by atoms with Gasteiger partial charge in [-0.25, -0.2) is 4.98 Å². The molecule has 0 bridgehead atoms. The monoisotopic (exact) mass is 379 g/mol. The van der Waals surface area contributed by atoms with Crippen LogP contribution in [0.2, 0.25) is 0 Å². The van der Waals surface area contributed by atoms with Crippen LogP contribution in [0.3, 0.4) is 0 Å². The Morgan fingerprint density at radius 1 is 0.828 bits per heavy atom. The molecule has 4 heteroatoms. The number of fused-ring (bicyclic) bond motifs is 2. The summed E-state index contributed by atoms with van der Waals surface area (Å²) in [6, 6.07) is 22.0. The molecule has 2 aromatic carbocycles. The van der Waals surface area contributed by atoms with Crippen molar-refractivity contribution in [2.24, 2.45) is 0 Å². The summed E-state index contributed by atoms with van der Waals surface area (Å²) in [7, 11) is 0. The number of para-hydroxylation sites is 1. The first-order valence-electron chi connectivity index (χ1n) is 10.0. The van der Waals surface area contributed by atoms with E-state index in [0.29, 0.717) is 16.9 Å². The number of pyridine rings is 1. The van der Waals surface area contributed by atoms with Crippen LogP contribution < -0.4 is 5.56 Å². The highest BCUT2D eigenvalue weighted by Crippen LogP contribution is 2.25. The zero-order chi connectivity index (χ0) is 19.6. The summed E-state index contributed by atoms with van der Waals surface area (Å²) in [4.78, 5) is 22.3. The van der Waals surface area contributed by atoms with E-state index >= 15 is 0 Å². The summed E-state index contributed by atoms with van der Waals surface area (Å²) >= 11 is 0. The average molecular weight is 379 g/mol. The molecular formula is C25H21N3O. The van der Waals surface area contributed by atoms with E-state index in [-0.39, 0.29) is 5.56 Å². The summed E-state index contributed by atoms with van der Waals surface area (Å²) in [5.74, 6) is 0.584. The van der Waals surface area contributed by atoms with E-state index < -0.39 is 0 Å². The fraction of sp³-hybridized carbons (Fsp3) is 0.160. The SMILES string of the molecule is O=c1nc(/C=C/c2ccccc2)n(-c2ccccc2)c2nc3c(cc12)CCCC3. The molecule has 4 nitrogen and oxygen atoms in total. The predicted octanol–water partition coefficient (Wildman–Crippen LogP) is 4.83. The minimum Gasteiger partial charge on any atom is -0.278 e. The second kappa shape index (κ2) is 7.47. The van der Waals surface area contributed by atoms with E-state index in [9.17, 15) is 4.79 Å². The molecule has 0 aliphatic heterocycles. The van der Waals surface area contributed by atoms with Crippen LogP contribution in [0.15, 0.2) is 71.5 Å². The van der Waals surface area contributed by atoms with E-state index in [1.54, 1.807) is 0 Å². The van der Waals surface area contributed by atoms with E-state index in [4.69, 9.17) is 4.98 Å². The van der Waals surface area contributed by atoms with Gasteiger partial charge in [0.25, 0.3) is 5.56 Å². The van der Waals surface area contributed by atoms with Crippen molar-refractivity contribution < 1.29 is 0 Å². The quantitative estimate of drug-likeness (QED) is 0.512. The van der Waals surface area contributed by atoms with Gasteiger partial charge >= 0.3 is 0 Å². The number of hydrogen-bond donors (Lipinski definition) is 0. The smallest absolute Gasteiger partial charge is 0.278 e. The first kappa shape index (κ1) is 17.6. The van der Waals surface area contributed by atoms with Crippen molar-refractivity contribution >= 4 is 23.2 Å². The van der Waals surface area contributed by atoms with Crippen molar-refractivity contribution in [1.29, 1.82) is 0 Å². The molecule has 0 atom stereocenters. The van der Waals surface area contributed by atoms with E-state index in [1.807, 2.05) is 83.4 Å². The van der Waals surface area contributed by atoms with Gasteiger partial charge in [-0.2, -0.15) is 4.98 Å². The first-order valence-corrected chi connectivity index (χ1v) is 10.0. The van der Waals surface area contributed by atoms with Gasteiger partial charge in [0.15, 0.2) is 5.65 Å². The molecule has 29 heavy (non-hydrogen) atoms. The Kier molecular flexibility index (Phi) is 4.53. The number of aryl methyl sites for hydroxylation is 2. The summed E-state index contributed by atoms with van der Waals surface area (Å²) in [5.41, 5.74) is 4.76. The largest absolute Gasteiger partial charge is 0.282 e. The summed E-state index contributed by atoms with van der Waals surface area (Å²) in [5, 5.41) is 0.589. The summed E-state index contributed by atoms with van der Waals surface area (Å²) < 4.78 is 1.99. The molecule has 0 amide bonds. The third-order valence-electron chi connectivity index (χ3n) is 5.41. The number of nitrogens with zero attached hydrogens (tertiary/aromatic N) is 3. The molecular weight excluding hydrogens is 358 g/mol. The molecule has 0 saturated carbocycles. The van der Waals surface area contributed by atoms with Crippen LogP contribution in [-0.2, 0) is 12.8 Å². The van der Waals surface area contributed by atoms with Crippen molar-refractivity contribution in [2.75, 3.05) is 0 Å². The molecule has 2 heterocycles. The standard InChI is InChI=1S/C25H21N3O/c29-25-21-17-19-11-7-8-14-22(19)26-24(21)28(20-12-5-2-6-13-20)23(27-25)16-15-18-9-3-1-4-10-18/h1-6,9-10,12-13,15-17H,7-8,11,14H2/b16-15+. The van der Waals surface area contributed by atoms with Crippen LogP contribution in [0.1, 0.15) is 35.5 Å². The van der Waals surface area contributed by atoms with Crippen LogP contribution in [0.5, 0.6) is 0 Å². The lowest BCUT2D eigenvalue weighted by molar-refractivity contribution is 0.669. The zero-order valence-electron chi connectivity index (χ0n) is 16.1. The Balaban J connectivity index is 1.78. The lowest BCUT2D eigenvalue weighted by Crippen LogP contribution is -2.19. The molecule has 1 aliphatic carbocycles. The normalized spacial score (nSPS) is 13.7. The maximum atomic E-state index is 12.9. The Morgan fingerprint density at radius 3 is 2.34 bits per heavy atom. The highest BCUT2D eigenvalue weighted by molar-refractivity contribution is 5.80. The second-order valence-corrected chi connectivity index (χ2v) is 7.36. The lowest BCUT2D eigenvalue weighted by atomic mass is 9.95. The fourth-order valence-electron chi connectivity index (χ4n) is 3.95. The van der Waals surface area contributed by atoms with Crippen LogP contribution in [-0.4, -0.2) is 14.5 Å². The molecule has 0 N–H and O–H groups in total.